The molecule has 1 atom stereocenters. The third kappa shape index (κ3) is 5.33. The Balaban J connectivity index is 2.27. The van der Waals surface area contributed by atoms with E-state index in [4.69, 9.17) is 0 Å². The molecule has 1 aliphatic rings. The van der Waals surface area contributed by atoms with Crippen LogP contribution in [0.15, 0.2) is 0 Å². The molecule has 0 heterocycles. The van der Waals surface area contributed by atoms with Crippen molar-refractivity contribution in [1.29, 1.82) is 0 Å². The minimum Gasteiger partial charge on any atom is -0.355 e. The van der Waals surface area contributed by atoms with Gasteiger partial charge < -0.3 is 5.32 Å². The van der Waals surface area contributed by atoms with E-state index in [1.807, 2.05) is 0 Å². The quantitative estimate of drug-likeness (QED) is 0.787. The fourth-order valence-corrected chi connectivity index (χ4v) is 2.38. The summed E-state index contributed by atoms with van der Waals surface area (Å²) in [5.41, 5.74) is 0. The monoisotopic (exact) mass is 289 g/mol. The van der Waals surface area contributed by atoms with Crippen molar-refractivity contribution in [3.05, 3.63) is 0 Å². The largest absolute Gasteiger partial charge is 0.355 e. The molecule has 1 rings (SSSR count). The standard InChI is InChI=1S/C13H24BrNO/c1-2-12(14)10-15-13(16)11-8-6-4-3-5-7-9-11/h11-12H,2-10H2,1H3,(H,15,16). The molecule has 1 saturated carbocycles. The third-order valence-corrected chi connectivity index (χ3v) is 4.39. The van der Waals surface area contributed by atoms with E-state index in [-0.39, 0.29) is 11.8 Å². The van der Waals surface area contributed by atoms with Gasteiger partial charge in [-0.2, -0.15) is 0 Å². The van der Waals surface area contributed by atoms with E-state index in [1.165, 1.54) is 32.1 Å². The number of hydrogen-bond donors (Lipinski definition) is 1. The molecule has 2 nitrogen and oxygen atoms in total. The molecule has 1 unspecified atom stereocenters. The second kappa shape index (κ2) is 8.10. The van der Waals surface area contributed by atoms with Crippen molar-refractivity contribution in [2.75, 3.05) is 6.54 Å². The molecular weight excluding hydrogens is 266 g/mol. The predicted molar refractivity (Wildman–Crippen MR) is 71.8 cm³/mol. The Bertz CT molecular complexity index is 200. The zero-order valence-electron chi connectivity index (χ0n) is 10.3. The van der Waals surface area contributed by atoms with E-state index in [1.54, 1.807) is 0 Å². The Kier molecular flexibility index (Phi) is 7.10. The summed E-state index contributed by atoms with van der Waals surface area (Å²) in [5.74, 6) is 0.552. The first-order valence-corrected chi connectivity index (χ1v) is 7.57. The second-order valence-corrected chi connectivity index (χ2v) is 6.09. The van der Waals surface area contributed by atoms with Crippen LogP contribution in [0.2, 0.25) is 0 Å². The van der Waals surface area contributed by atoms with Crippen molar-refractivity contribution in [3.63, 3.8) is 0 Å². The molecule has 3 heteroatoms. The summed E-state index contributed by atoms with van der Waals surface area (Å²) in [6, 6.07) is 0. The van der Waals surface area contributed by atoms with Crippen LogP contribution < -0.4 is 5.32 Å². The van der Waals surface area contributed by atoms with Crippen LogP contribution in [0.1, 0.15) is 58.3 Å². The molecule has 94 valence electrons. The molecular formula is C13H24BrNO. The van der Waals surface area contributed by atoms with Crippen LogP contribution >= 0.6 is 15.9 Å². The summed E-state index contributed by atoms with van der Waals surface area (Å²) >= 11 is 3.54. The molecule has 0 radical (unpaired) electrons. The van der Waals surface area contributed by atoms with Crippen LogP contribution in [-0.4, -0.2) is 17.3 Å². The van der Waals surface area contributed by atoms with E-state index in [9.17, 15) is 4.79 Å². The Hall–Kier alpha value is -0.0500. The molecule has 1 N–H and O–H groups in total. The summed E-state index contributed by atoms with van der Waals surface area (Å²) in [5, 5.41) is 3.07. The van der Waals surface area contributed by atoms with Gasteiger partial charge in [0.25, 0.3) is 0 Å². The SMILES string of the molecule is CCC(Br)CNC(=O)C1CCCCCCC1. The van der Waals surface area contributed by atoms with Gasteiger partial charge in [-0.3, -0.25) is 4.79 Å². The van der Waals surface area contributed by atoms with E-state index < -0.39 is 0 Å². The van der Waals surface area contributed by atoms with E-state index in [0.717, 1.165) is 25.8 Å². The van der Waals surface area contributed by atoms with Gasteiger partial charge in [0.1, 0.15) is 0 Å². The fraction of sp³-hybridized carbons (Fsp3) is 0.923. The minimum atomic E-state index is 0.275. The van der Waals surface area contributed by atoms with Crippen LogP contribution in [0.3, 0.4) is 0 Å². The highest BCUT2D eigenvalue weighted by molar-refractivity contribution is 9.09. The fourth-order valence-electron chi connectivity index (χ4n) is 2.22. The Morgan fingerprint density at radius 1 is 1.25 bits per heavy atom. The smallest absolute Gasteiger partial charge is 0.223 e. The number of halogens is 1. The molecule has 0 spiro atoms. The van der Waals surface area contributed by atoms with Crippen molar-refractivity contribution < 1.29 is 4.79 Å². The zero-order valence-corrected chi connectivity index (χ0v) is 11.9. The molecule has 1 aliphatic carbocycles. The number of nitrogens with one attached hydrogen (secondary N) is 1. The van der Waals surface area contributed by atoms with E-state index in [2.05, 4.69) is 28.2 Å². The molecule has 0 aromatic rings. The van der Waals surface area contributed by atoms with Crippen molar-refractivity contribution in [2.24, 2.45) is 5.92 Å². The summed E-state index contributed by atoms with van der Waals surface area (Å²) in [6.07, 6.45) is 9.65. The maximum atomic E-state index is 12.0. The van der Waals surface area contributed by atoms with Gasteiger partial charge >= 0.3 is 0 Å². The van der Waals surface area contributed by atoms with Crippen molar-refractivity contribution >= 4 is 21.8 Å². The lowest BCUT2D eigenvalue weighted by Crippen LogP contribution is -2.34. The number of amides is 1. The van der Waals surface area contributed by atoms with E-state index >= 15 is 0 Å². The van der Waals surface area contributed by atoms with Crippen molar-refractivity contribution in [2.45, 2.75) is 63.1 Å². The topological polar surface area (TPSA) is 29.1 Å². The highest BCUT2D eigenvalue weighted by atomic mass is 79.9. The lowest BCUT2D eigenvalue weighted by molar-refractivity contribution is -0.125. The maximum Gasteiger partial charge on any atom is 0.223 e. The normalized spacial score (nSPS) is 20.9. The average molecular weight is 290 g/mol. The van der Waals surface area contributed by atoms with Crippen LogP contribution in [0.5, 0.6) is 0 Å². The molecule has 0 bridgehead atoms. The summed E-state index contributed by atoms with van der Waals surface area (Å²) in [6.45, 7) is 2.90. The van der Waals surface area contributed by atoms with Gasteiger partial charge in [0.15, 0.2) is 0 Å². The first-order chi connectivity index (χ1) is 7.74. The lowest BCUT2D eigenvalue weighted by atomic mass is 9.90. The van der Waals surface area contributed by atoms with Gasteiger partial charge in [-0.05, 0) is 19.3 Å². The van der Waals surface area contributed by atoms with Crippen LogP contribution in [-0.2, 0) is 4.79 Å². The molecule has 0 aliphatic heterocycles. The van der Waals surface area contributed by atoms with Crippen LogP contribution in [0.4, 0.5) is 0 Å². The van der Waals surface area contributed by atoms with Crippen LogP contribution in [0, 0.1) is 5.92 Å². The van der Waals surface area contributed by atoms with Gasteiger partial charge in [-0.1, -0.05) is 55.0 Å². The molecule has 0 aromatic heterocycles. The van der Waals surface area contributed by atoms with Gasteiger partial charge in [0.2, 0.25) is 5.91 Å². The molecule has 1 fully saturated rings. The van der Waals surface area contributed by atoms with E-state index in [0.29, 0.717) is 4.83 Å². The van der Waals surface area contributed by atoms with Gasteiger partial charge in [-0.15, -0.1) is 0 Å². The van der Waals surface area contributed by atoms with Gasteiger partial charge in [0.05, 0.1) is 0 Å². The first-order valence-electron chi connectivity index (χ1n) is 6.65. The maximum absolute atomic E-state index is 12.0. The van der Waals surface area contributed by atoms with Crippen molar-refractivity contribution in [1.82, 2.24) is 5.32 Å². The number of alkyl halides is 1. The van der Waals surface area contributed by atoms with Crippen molar-refractivity contribution in [3.8, 4) is 0 Å². The van der Waals surface area contributed by atoms with Gasteiger partial charge in [0, 0.05) is 17.3 Å². The van der Waals surface area contributed by atoms with Crippen LogP contribution in [0.25, 0.3) is 0 Å². The molecule has 1 amide bonds. The average Bonchev–Trinajstić information content (AvgIpc) is 2.25. The highest BCUT2D eigenvalue weighted by Gasteiger charge is 2.19. The number of carbonyl (C=O) groups is 1. The molecule has 0 aromatic carbocycles. The second-order valence-electron chi connectivity index (χ2n) is 4.79. The molecule has 16 heavy (non-hydrogen) atoms. The Labute approximate surface area is 108 Å². The number of carbonyl (C=O) groups excluding carboxylic acids is 1. The minimum absolute atomic E-state index is 0.275. The highest BCUT2D eigenvalue weighted by Crippen LogP contribution is 2.22. The number of hydrogen-bond acceptors (Lipinski definition) is 1. The third-order valence-electron chi connectivity index (χ3n) is 3.42. The number of rotatable bonds is 4. The predicted octanol–water partition coefficient (Wildman–Crippen LogP) is 3.64. The summed E-state index contributed by atoms with van der Waals surface area (Å²) in [4.78, 5) is 12.4. The molecule has 0 saturated heterocycles. The Morgan fingerprint density at radius 3 is 2.38 bits per heavy atom. The summed E-state index contributed by atoms with van der Waals surface area (Å²) in [7, 11) is 0. The van der Waals surface area contributed by atoms with Gasteiger partial charge in [-0.25, -0.2) is 0 Å². The Morgan fingerprint density at radius 2 is 1.81 bits per heavy atom. The zero-order chi connectivity index (χ0) is 11.8. The summed E-state index contributed by atoms with van der Waals surface area (Å²) < 4.78 is 0. The lowest BCUT2D eigenvalue weighted by Gasteiger charge is -2.19. The first kappa shape index (κ1) is 14.0.